The maximum absolute atomic E-state index is 11.7. The van der Waals surface area contributed by atoms with E-state index in [2.05, 4.69) is 20.3 Å². The Bertz CT molecular complexity index is 525. The van der Waals surface area contributed by atoms with Crippen molar-refractivity contribution in [1.82, 2.24) is 20.3 Å². The Morgan fingerprint density at radius 1 is 1.41 bits per heavy atom. The zero-order chi connectivity index (χ0) is 12.3. The fourth-order valence-corrected chi connectivity index (χ4v) is 1.99. The van der Waals surface area contributed by atoms with Crippen LogP contribution >= 0.6 is 22.9 Å². The number of aryl methyl sites for hydroxylation is 1. The monoisotopic (exact) mass is 268 g/mol. The molecule has 0 aromatic carbocycles. The zero-order valence-electron chi connectivity index (χ0n) is 8.98. The van der Waals surface area contributed by atoms with Crippen LogP contribution in [-0.2, 0) is 6.54 Å². The highest BCUT2D eigenvalue weighted by Gasteiger charge is 2.09. The molecule has 0 saturated carbocycles. The number of aromatic nitrogens is 3. The number of halogens is 1. The van der Waals surface area contributed by atoms with Crippen molar-refractivity contribution in [2.24, 2.45) is 0 Å². The van der Waals surface area contributed by atoms with Gasteiger partial charge in [0.1, 0.15) is 10.8 Å². The lowest BCUT2D eigenvalue weighted by Gasteiger charge is -2.03. The quantitative estimate of drug-likeness (QED) is 0.922. The minimum Gasteiger partial charge on any atom is -0.346 e. The van der Waals surface area contributed by atoms with E-state index in [1.807, 2.05) is 6.92 Å². The lowest BCUT2D eigenvalue weighted by Crippen LogP contribution is -2.23. The molecule has 0 aliphatic rings. The van der Waals surface area contributed by atoms with E-state index in [9.17, 15) is 4.79 Å². The number of carbonyl (C=O) groups excluding carboxylic acids is 1. The minimum absolute atomic E-state index is 0.247. The van der Waals surface area contributed by atoms with Gasteiger partial charge in [0.25, 0.3) is 5.91 Å². The summed E-state index contributed by atoms with van der Waals surface area (Å²) in [6, 6.07) is 0. The van der Waals surface area contributed by atoms with Gasteiger partial charge in [-0.25, -0.2) is 15.0 Å². The van der Waals surface area contributed by atoms with Crippen LogP contribution in [0.3, 0.4) is 0 Å². The second-order valence-corrected chi connectivity index (χ2v) is 4.59. The Balaban J connectivity index is 1.98. The molecule has 0 spiro atoms. The molecule has 2 rings (SSSR count). The molecule has 0 aliphatic carbocycles. The maximum atomic E-state index is 11.7. The lowest BCUT2D eigenvalue weighted by atomic mass is 10.3. The van der Waals surface area contributed by atoms with E-state index in [0.717, 1.165) is 10.6 Å². The predicted molar refractivity (Wildman–Crippen MR) is 65.1 cm³/mol. The van der Waals surface area contributed by atoms with Gasteiger partial charge in [-0.2, -0.15) is 0 Å². The third-order valence-corrected chi connectivity index (χ3v) is 3.24. The number of nitrogens with one attached hydrogen (secondary N) is 1. The van der Waals surface area contributed by atoms with Crippen LogP contribution in [0.1, 0.15) is 21.1 Å². The number of rotatable bonds is 3. The fraction of sp³-hybridized carbons (Fsp3) is 0.200. The summed E-state index contributed by atoms with van der Waals surface area (Å²) in [5, 5.41) is 3.01. The number of carbonyl (C=O) groups is 1. The molecule has 0 aliphatic heterocycles. The van der Waals surface area contributed by atoms with E-state index < -0.39 is 0 Å². The summed E-state index contributed by atoms with van der Waals surface area (Å²) in [4.78, 5) is 24.5. The SMILES string of the molecule is Cc1ncsc1CNC(=O)c1cnc(Cl)cn1. The van der Waals surface area contributed by atoms with E-state index in [-0.39, 0.29) is 16.8 Å². The van der Waals surface area contributed by atoms with Crippen molar-refractivity contribution in [3.05, 3.63) is 39.3 Å². The normalized spacial score (nSPS) is 10.2. The minimum atomic E-state index is -0.276. The van der Waals surface area contributed by atoms with Gasteiger partial charge in [-0.05, 0) is 6.92 Å². The van der Waals surface area contributed by atoms with Crippen molar-refractivity contribution in [3.63, 3.8) is 0 Å². The molecular weight excluding hydrogens is 260 g/mol. The molecule has 1 N–H and O–H groups in total. The van der Waals surface area contributed by atoms with Crippen LogP contribution in [-0.4, -0.2) is 20.9 Å². The maximum Gasteiger partial charge on any atom is 0.271 e. The Morgan fingerprint density at radius 2 is 2.24 bits per heavy atom. The van der Waals surface area contributed by atoms with Crippen LogP contribution in [0.2, 0.25) is 5.15 Å². The Kier molecular flexibility index (Phi) is 3.65. The van der Waals surface area contributed by atoms with Gasteiger partial charge >= 0.3 is 0 Å². The van der Waals surface area contributed by atoms with Crippen molar-refractivity contribution in [3.8, 4) is 0 Å². The van der Waals surface area contributed by atoms with Gasteiger partial charge < -0.3 is 5.32 Å². The van der Waals surface area contributed by atoms with Gasteiger partial charge in [0.05, 0.1) is 30.1 Å². The van der Waals surface area contributed by atoms with Crippen LogP contribution in [0, 0.1) is 6.92 Å². The molecule has 2 aromatic heterocycles. The third-order valence-electron chi connectivity index (χ3n) is 2.11. The predicted octanol–water partition coefficient (Wildman–Crippen LogP) is 1.82. The van der Waals surface area contributed by atoms with Crippen LogP contribution < -0.4 is 5.32 Å². The van der Waals surface area contributed by atoms with Crippen LogP contribution in [0.15, 0.2) is 17.9 Å². The Morgan fingerprint density at radius 3 is 2.82 bits per heavy atom. The molecular formula is C10H9ClN4OS. The number of thiazole rings is 1. The topological polar surface area (TPSA) is 67.8 Å². The molecule has 2 aromatic rings. The molecule has 0 atom stereocenters. The summed E-state index contributed by atoms with van der Waals surface area (Å²) in [6.07, 6.45) is 2.69. The summed E-state index contributed by atoms with van der Waals surface area (Å²) >= 11 is 7.09. The van der Waals surface area contributed by atoms with E-state index >= 15 is 0 Å². The van der Waals surface area contributed by atoms with Gasteiger partial charge in [-0.3, -0.25) is 4.79 Å². The fourth-order valence-electron chi connectivity index (χ4n) is 1.18. The first-order valence-electron chi connectivity index (χ1n) is 4.81. The summed E-state index contributed by atoms with van der Waals surface area (Å²) < 4.78 is 0. The molecule has 0 saturated heterocycles. The van der Waals surface area contributed by atoms with Crippen molar-refractivity contribution in [2.75, 3.05) is 0 Å². The van der Waals surface area contributed by atoms with Crippen molar-refractivity contribution < 1.29 is 4.79 Å². The molecule has 2 heterocycles. The van der Waals surface area contributed by atoms with Crippen molar-refractivity contribution >= 4 is 28.8 Å². The second kappa shape index (κ2) is 5.20. The number of amides is 1. The summed E-state index contributed by atoms with van der Waals surface area (Å²) in [6.45, 7) is 2.35. The number of hydrogen-bond acceptors (Lipinski definition) is 5. The Hall–Kier alpha value is -1.53. The van der Waals surface area contributed by atoms with Gasteiger partial charge in [-0.15, -0.1) is 11.3 Å². The highest BCUT2D eigenvalue weighted by molar-refractivity contribution is 7.09. The van der Waals surface area contributed by atoms with Gasteiger partial charge in [0, 0.05) is 4.88 Å². The standard InChI is InChI=1S/C10H9ClN4OS/c1-6-8(17-5-15-6)3-14-10(16)7-2-13-9(11)4-12-7/h2,4-5H,3H2,1H3,(H,14,16). The van der Waals surface area contributed by atoms with Gasteiger partial charge in [0.15, 0.2) is 0 Å². The molecule has 0 bridgehead atoms. The van der Waals surface area contributed by atoms with E-state index in [4.69, 9.17) is 11.6 Å². The van der Waals surface area contributed by atoms with E-state index in [1.165, 1.54) is 23.7 Å². The summed E-state index contributed by atoms with van der Waals surface area (Å²) in [7, 11) is 0. The summed E-state index contributed by atoms with van der Waals surface area (Å²) in [5.74, 6) is -0.276. The molecule has 0 fully saturated rings. The first kappa shape index (κ1) is 11.9. The average molecular weight is 269 g/mol. The van der Waals surface area contributed by atoms with Crippen molar-refractivity contribution in [2.45, 2.75) is 13.5 Å². The smallest absolute Gasteiger partial charge is 0.271 e. The molecule has 17 heavy (non-hydrogen) atoms. The largest absolute Gasteiger partial charge is 0.346 e. The first-order chi connectivity index (χ1) is 8.16. The average Bonchev–Trinajstić information content (AvgIpc) is 2.73. The Labute approximate surface area is 107 Å². The van der Waals surface area contributed by atoms with Crippen LogP contribution in [0.4, 0.5) is 0 Å². The van der Waals surface area contributed by atoms with Crippen molar-refractivity contribution in [1.29, 1.82) is 0 Å². The second-order valence-electron chi connectivity index (χ2n) is 3.27. The molecule has 7 heteroatoms. The molecule has 5 nitrogen and oxygen atoms in total. The lowest BCUT2D eigenvalue weighted by molar-refractivity contribution is 0.0946. The zero-order valence-corrected chi connectivity index (χ0v) is 10.5. The van der Waals surface area contributed by atoms with Gasteiger partial charge in [0.2, 0.25) is 0 Å². The molecule has 1 amide bonds. The number of nitrogens with zero attached hydrogens (tertiary/aromatic N) is 3. The molecule has 0 unspecified atom stereocenters. The summed E-state index contributed by atoms with van der Waals surface area (Å²) in [5.41, 5.74) is 2.92. The highest BCUT2D eigenvalue weighted by atomic mass is 35.5. The third kappa shape index (κ3) is 2.98. The van der Waals surface area contributed by atoms with Gasteiger partial charge in [-0.1, -0.05) is 11.6 Å². The highest BCUT2D eigenvalue weighted by Crippen LogP contribution is 2.11. The van der Waals surface area contributed by atoms with Crippen LogP contribution in [0.5, 0.6) is 0 Å². The molecule has 88 valence electrons. The van der Waals surface area contributed by atoms with E-state index in [0.29, 0.717) is 6.54 Å². The number of hydrogen-bond donors (Lipinski definition) is 1. The van der Waals surface area contributed by atoms with Crippen LogP contribution in [0.25, 0.3) is 0 Å². The van der Waals surface area contributed by atoms with E-state index in [1.54, 1.807) is 5.51 Å². The first-order valence-corrected chi connectivity index (χ1v) is 6.07. The molecule has 0 radical (unpaired) electrons.